The lowest BCUT2D eigenvalue weighted by Gasteiger charge is -2.24. The first-order chi connectivity index (χ1) is 13.2. The van der Waals surface area contributed by atoms with Crippen LogP contribution in [0.3, 0.4) is 0 Å². The van der Waals surface area contributed by atoms with E-state index in [9.17, 15) is 37.0 Å². The standard InChI is InChI=1S/C17H18F5N3O4/c1-7-11(15(27)28)24-25(16(2,3)4)14(7)29-9-6-23-5-8(10(9)13(18)19)12(26)17(20,21)22/h5-6,12-13,26H,1-4H3,(H,27,28). The average Bonchev–Trinajstić information content (AvgIpc) is 2.90. The minimum Gasteiger partial charge on any atom is -0.476 e. The monoisotopic (exact) mass is 423 g/mol. The van der Waals surface area contributed by atoms with Crippen LogP contribution < -0.4 is 4.74 Å². The fourth-order valence-corrected chi connectivity index (χ4v) is 2.54. The third-order valence-electron chi connectivity index (χ3n) is 3.92. The third-order valence-corrected chi connectivity index (χ3v) is 3.92. The fraction of sp³-hybridized carbons (Fsp3) is 0.471. The van der Waals surface area contributed by atoms with Crippen LogP contribution in [0, 0.1) is 6.92 Å². The molecule has 1 unspecified atom stereocenters. The summed E-state index contributed by atoms with van der Waals surface area (Å²) in [6.45, 7) is 6.22. The molecular weight excluding hydrogens is 405 g/mol. The molecule has 0 spiro atoms. The van der Waals surface area contributed by atoms with E-state index < -0.39 is 52.8 Å². The zero-order valence-electron chi connectivity index (χ0n) is 15.8. The normalized spacial score (nSPS) is 13.6. The molecule has 7 nitrogen and oxygen atoms in total. The Morgan fingerprint density at radius 2 is 1.79 bits per heavy atom. The van der Waals surface area contributed by atoms with Gasteiger partial charge in [-0.25, -0.2) is 18.3 Å². The van der Waals surface area contributed by atoms with Crippen LogP contribution in [-0.2, 0) is 5.54 Å². The second-order valence-corrected chi connectivity index (χ2v) is 7.15. The largest absolute Gasteiger partial charge is 0.476 e. The van der Waals surface area contributed by atoms with E-state index in [1.54, 1.807) is 20.8 Å². The lowest BCUT2D eigenvalue weighted by molar-refractivity contribution is -0.207. The van der Waals surface area contributed by atoms with Crippen LogP contribution in [0.4, 0.5) is 22.0 Å². The van der Waals surface area contributed by atoms with E-state index >= 15 is 0 Å². The number of ether oxygens (including phenoxy) is 1. The predicted octanol–water partition coefficient (Wildman–Crippen LogP) is 4.37. The van der Waals surface area contributed by atoms with E-state index in [1.807, 2.05) is 0 Å². The van der Waals surface area contributed by atoms with Crippen molar-refractivity contribution in [2.45, 2.75) is 51.9 Å². The molecule has 12 heteroatoms. The summed E-state index contributed by atoms with van der Waals surface area (Å²) in [5.74, 6) is -2.41. The molecule has 2 aromatic heterocycles. The van der Waals surface area contributed by atoms with Crippen molar-refractivity contribution in [1.29, 1.82) is 0 Å². The Bertz CT molecular complexity index is 919. The van der Waals surface area contributed by atoms with Crippen molar-refractivity contribution in [3.8, 4) is 11.6 Å². The van der Waals surface area contributed by atoms with Crippen LogP contribution in [0.1, 0.15) is 60.5 Å². The number of aliphatic hydroxyl groups is 1. The van der Waals surface area contributed by atoms with E-state index in [1.165, 1.54) is 6.92 Å². The lowest BCUT2D eigenvalue weighted by Crippen LogP contribution is -2.24. The molecule has 0 bridgehead atoms. The quantitative estimate of drug-likeness (QED) is 0.694. The molecule has 0 amide bonds. The molecule has 160 valence electrons. The number of aliphatic hydroxyl groups excluding tert-OH is 1. The van der Waals surface area contributed by atoms with Gasteiger partial charge in [-0.15, -0.1) is 0 Å². The van der Waals surface area contributed by atoms with Crippen molar-refractivity contribution in [2.24, 2.45) is 0 Å². The van der Waals surface area contributed by atoms with Crippen LogP contribution in [0.15, 0.2) is 12.4 Å². The summed E-state index contributed by atoms with van der Waals surface area (Å²) in [6, 6.07) is 0. The highest BCUT2D eigenvalue weighted by Gasteiger charge is 2.42. The van der Waals surface area contributed by atoms with Gasteiger partial charge in [0.1, 0.15) is 0 Å². The van der Waals surface area contributed by atoms with Crippen LogP contribution in [0.5, 0.6) is 11.6 Å². The van der Waals surface area contributed by atoms with Crippen molar-refractivity contribution in [3.63, 3.8) is 0 Å². The van der Waals surface area contributed by atoms with Crippen LogP contribution in [0.2, 0.25) is 0 Å². The predicted molar refractivity (Wildman–Crippen MR) is 89.2 cm³/mol. The number of pyridine rings is 1. The molecule has 1 atom stereocenters. The molecule has 0 radical (unpaired) electrons. The molecule has 2 rings (SSSR count). The smallest absolute Gasteiger partial charge is 0.418 e. The van der Waals surface area contributed by atoms with Crippen molar-refractivity contribution in [3.05, 3.63) is 34.8 Å². The molecule has 0 saturated carbocycles. The van der Waals surface area contributed by atoms with Gasteiger partial charge in [0.05, 0.1) is 17.3 Å². The van der Waals surface area contributed by atoms with Crippen molar-refractivity contribution < 1.29 is 41.7 Å². The number of aromatic carboxylic acids is 1. The molecule has 0 saturated heterocycles. The first-order valence-electron chi connectivity index (χ1n) is 8.18. The van der Waals surface area contributed by atoms with Gasteiger partial charge in [0.25, 0.3) is 6.43 Å². The maximum Gasteiger partial charge on any atom is 0.418 e. The van der Waals surface area contributed by atoms with Gasteiger partial charge < -0.3 is 14.9 Å². The van der Waals surface area contributed by atoms with Gasteiger partial charge in [-0.3, -0.25) is 4.98 Å². The van der Waals surface area contributed by atoms with Crippen molar-refractivity contribution in [2.75, 3.05) is 0 Å². The third kappa shape index (κ3) is 4.47. The van der Waals surface area contributed by atoms with Gasteiger partial charge in [-0.2, -0.15) is 18.3 Å². The molecule has 0 aromatic carbocycles. The highest BCUT2D eigenvalue weighted by atomic mass is 19.4. The molecule has 0 aliphatic heterocycles. The maximum atomic E-state index is 13.6. The summed E-state index contributed by atoms with van der Waals surface area (Å²) in [4.78, 5) is 14.8. The van der Waals surface area contributed by atoms with Gasteiger partial charge in [0.2, 0.25) is 5.88 Å². The fourth-order valence-electron chi connectivity index (χ4n) is 2.54. The number of carboxylic acid groups (broad SMARTS) is 1. The Balaban J connectivity index is 2.68. The van der Waals surface area contributed by atoms with E-state index in [4.69, 9.17) is 4.74 Å². The van der Waals surface area contributed by atoms with Crippen molar-refractivity contribution >= 4 is 5.97 Å². The number of nitrogens with zero attached hydrogens (tertiary/aromatic N) is 3. The van der Waals surface area contributed by atoms with Crippen LogP contribution >= 0.6 is 0 Å². The van der Waals surface area contributed by atoms with E-state index in [0.717, 1.165) is 10.9 Å². The Labute approximate surface area is 161 Å². The molecule has 0 aliphatic carbocycles. The summed E-state index contributed by atoms with van der Waals surface area (Å²) >= 11 is 0. The van der Waals surface area contributed by atoms with Crippen molar-refractivity contribution in [1.82, 2.24) is 14.8 Å². The summed E-state index contributed by atoms with van der Waals surface area (Å²) in [7, 11) is 0. The second-order valence-electron chi connectivity index (χ2n) is 7.15. The van der Waals surface area contributed by atoms with Gasteiger partial charge in [0.15, 0.2) is 17.5 Å². The van der Waals surface area contributed by atoms with E-state index in [-0.39, 0.29) is 11.4 Å². The number of hydrogen-bond donors (Lipinski definition) is 2. The number of hydrogen-bond acceptors (Lipinski definition) is 5. The maximum absolute atomic E-state index is 13.6. The number of halogens is 5. The summed E-state index contributed by atoms with van der Waals surface area (Å²) in [6.07, 6.45) is -10.6. The van der Waals surface area contributed by atoms with E-state index in [0.29, 0.717) is 6.20 Å². The number of alkyl halides is 5. The average molecular weight is 423 g/mol. The zero-order valence-corrected chi connectivity index (χ0v) is 15.8. The molecular formula is C17H18F5N3O4. The topological polar surface area (TPSA) is 97.5 Å². The van der Waals surface area contributed by atoms with Gasteiger partial charge in [-0.1, -0.05) is 0 Å². The minimum atomic E-state index is -5.20. The summed E-state index contributed by atoms with van der Waals surface area (Å²) < 4.78 is 72.4. The Morgan fingerprint density at radius 1 is 1.21 bits per heavy atom. The number of rotatable bonds is 5. The zero-order chi connectivity index (χ0) is 22.3. The molecule has 2 N–H and O–H groups in total. The highest BCUT2D eigenvalue weighted by molar-refractivity contribution is 5.87. The molecule has 0 fully saturated rings. The summed E-state index contributed by atoms with van der Waals surface area (Å²) in [5, 5.41) is 22.6. The second kappa shape index (κ2) is 7.58. The molecule has 2 heterocycles. The number of aromatic nitrogens is 3. The number of carboxylic acids is 1. The van der Waals surface area contributed by atoms with Crippen LogP contribution in [0.25, 0.3) is 0 Å². The molecule has 29 heavy (non-hydrogen) atoms. The molecule has 2 aromatic rings. The van der Waals surface area contributed by atoms with Gasteiger partial charge in [0, 0.05) is 17.3 Å². The van der Waals surface area contributed by atoms with Crippen LogP contribution in [-0.4, -0.2) is 37.1 Å². The minimum absolute atomic E-state index is 0.0191. The van der Waals surface area contributed by atoms with Gasteiger partial charge in [-0.05, 0) is 27.7 Å². The molecule has 0 aliphatic rings. The Kier molecular flexibility index (Phi) is 5.89. The lowest BCUT2D eigenvalue weighted by atomic mass is 10.0. The van der Waals surface area contributed by atoms with Gasteiger partial charge >= 0.3 is 12.1 Å². The SMILES string of the molecule is Cc1c(C(=O)O)nn(C(C)(C)C)c1Oc1cncc(C(O)C(F)(F)F)c1C(F)F. The first-order valence-corrected chi connectivity index (χ1v) is 8.18. The van der Waals surface area contributed by atoms with E-state index in [2.05, 4.69) is 10.1 Å². The first kappa shape index (κ1) is 22.5. The summed E-state index contributed by atoms with van der Waals surface area (Å²) in [5.41, 5.74) is -3.65. The highest BCUT2D eigenvalue weighted by Crippen LogP contribution is 2.42. The Hall–Kier alpha value is -2.76. The Morgan fingerprint density at radius 3 is 2.24 bits per heavy atom. The number of carbonyl (C=O) groups is 1.